The number of hydrogen-bond donors (Lipinski definition) is 1. The highest BCUT2D eigenvalue weighted by Gasteiger charge is 2.25. The van der Waals surface area contributed by atoms with Crippen LogP contribution in [-0.2, 0) is 11.3 Å². The first-order valence-electron chi connectivity index (χ1n) is 11.3. The van der Waals surface area contributed by atoms with E-state index in [0.29, 0.717) is 29.6 Å². The van der Waals surface area contributed by atoms with Crippen LogP contribution in [-0.4, -0.2) is 40.9 Å². The Kier molecular flexibility index (Phi) is 6.79. The van der Waals surface area contributed by atoms with Gasteiger partial charge in [-0.25, -0.2) is 14.2 Å². The fourth-order valence-corrected chi connectivity index (χ4v) is 4.40. The van der Waals surface area contributed by atoms with Crippen molar-refractivity contribution in [1.82, 2.24) is 14.9 Å². The fraction of sp³-hybridized carbons (Fsp3) is 0.440. The number of hydrogen-bond acceptors (Lipinski definition) is 4. The number of fused-ring (bicyclic) bond motifs is 1. The van der Waals surface area contributed by atoms with Crippen LogP contribution in [0.25, 0.3) is 11.0 Å². The van der Waals surface area contributed by atoms with Crippen molar-refractivity contribution in [2.75, 3.05) is 24.5 Å². The maximum Gasteiger partial charge on any atom is 0.407 e. The van der Waals surface area contributed by atoms with Crippen molar-refractivity contribution in [2.24, 2.45) is 5.92 Å². The molecule has 33 heavy (non-hydrogen) atoms. The van der Waals surface area contributed by atoms with Gasteiger partial charge in [0.1, 0.15) is 11.4 Å². The molecule has 2 heterocycles. The average molecular weight is 473 g/mol. The molecule has 176 valence electrons. The van der Waals surface area contributed by atoms with Crippen molar-refractivity contribution >= 4 is 34.7 Å². The third-order valence-corrected chi connectivity index (χ3v) is 6.20. The van der Waals surface area contributed by atoms with Crippen molar-refractivity contribution in [1.29, 1.82) is 0 Å². The van der Waals surface area contributed by atoms with Crippen molar-refractivity contribution in [3.63, 3.8) is 0 Å². The van der Waals surface area contributed by atoms with Gasteiger partial charge in [-0.1, -0.05) is 29.8 Å². The van der Waals surface area contributed by atoms with Gasteiger partial charge in [0.15, 0.2) is 0 Å². The first-order valence-corrected chi connectivity index (χ1v) is 11.7. The largest absolute Gasteiger partial charge is 0.444 e. The number of carbonyl (C=O) groups excluding carboxylic acids is 1. The number of ether oxygens (including phenoxy) is 1. The van der Waals surface area contributed by atoms with Gasteiger partial charge in [-0.2, -0.15) is 0 Å². The molecule has 1 aliphatic heterocycles. The number of halogens is 2. The van der Waals surface area contributed by atoms with Crippen molar-refractivity contribution in [2.45, 2.75) is 45.8 Å². The lowest BCUT2D eigenvalue weighted by Gasteiger charge is -2.33. The zero-order valence-corrected chi connectivity index (χ0v) is 20.0. The lowest BCUT2D eigenvalue weighted by atomic mass is 9.97. The highest BCUT2D eigenvalue weighted by atomic mass is 35.5. The SMILES string of the molecule is CC(C)(C)OC(=O)NCC1CCN(c2nc3ccccc3n2Cc2c(F)cccc2Cl)CC1. The molecule has 1 aromatic heterocycles. The number of anilines is 1. The number of nitrogens with zero attached hydrogens (tertiary/aromatic N) is 3. The first kappa shape index (κ1) is 23.4. The fourth-order valence-electron chi connectivity index (χ4n) is 4.18. The summed E-state index contributed by atoms with van der Waals surface area (Å²) in [7, 11) is 0. The highest BCUT2D eigenvalue weighted by molar-refractivity contribution is 6.31. The highest BCUT2D eigenvalue weighted by Crippen LogP contribution is 2.30. The Hall–Kier alpha value is -2.80. The number of rotatable bonds is 5. The number of carbonyl (C=O) groups is 1. The van der Waals surface area contributed by atoms with E-state index >= 15 is 0 Å². The standard InChI is InChI=1S/C25H30ClFN4O2/c1-25(2,3)33-24(32)28-15-17-11-13-30(14-12-17)23-29-21-9-4-5-10-22(21)31(23)16-18-19(26)7-6-8-20(18)27/h4-10,17H,11-16H2,1-3H3,(H,28,32). The van der Waals surface area contributed by atoms with Gasteiger partial charge in [0.25, 0.3) is 0 Å². The number of para-hydroxylation sites is 2. The minimum Gasteiger partial charge on any atom is -0.444 e. The van der Waals surface area contributed by atoms with E-state index in [2.05, 4.69) is 10.2 Å². The summed E-state index contributed by atoms with van der Waals surface area (Å²) < 4.78 is 21.9. The molecule has 0 atom stereocenters. The van der Waals surface area contributed by atoms with E-state index < -0.39 is 5.60 Å². The molecule has 0 radical (unpaired) electrons. The van der Waals surface area contributed by atoms with E-state index in [1.807, 2.05) is 49.6 Å². The predicted molar refractivity (Wildman–Crippen MR) is 129 cm³/mol. The molecule has 2 aromatic carbocycles. The van der Waals surface area contributed by atoms with Gasteiger partial charge < -0.3 is 19.5 Å². The Labute approximate surface area is 198 Å². The first-order chi connectivity index (χ1) is 15.7. The topological polar surface area (TPSA) is 59.4 Å². The van der Waals surface area contributed by atoms with Gasteiger partial charge in [0.05, 0.1) is 17.6 Å². The molecule has 1 saturated heterocycles. The summed E-state index contributed by atoms with van der Waals surface area (Å²) in [4.78, 5) is 19.1. The third-order valence-electron chi connectivity index (χ3n) is 5.84. The van der Waals surface area contributed by atoms with Gasteiger partial charge >= 0.3 is 6.09 Å². The van der Waals surface area contributed by atoms with E-state index in [4.69, 9.17) is 21.3 Å². The molecule has 0 unspecified atom stereocenters. The number of aromatic nitrogens is 2. The molecule has 4 rings (SSSR count). The average Bonchev–Trinajstić information content (AvgIpc) is 3.12. The number of nitrogens with one attached hydrogen (secondary N) is 1. The van der Waals surface area contributed by atoms with Crippen molar-refractivity contribution in [3.8, 4) is 0 Å². The van der Waals surface area contributed by atoms with Gasteiger partial charge in [-0.15, -0.1) is 0 Å². The zero-order valence-electron chi connectivity index (χ0n) is 19.3. The summed E-state index contributed by atoms with van der Waals surface area (Å²) in [5.74, 6) is 0.861. The van der Waals surface area contributed by atoms with Crippen LogP contribution in [0.15, 0.2) is 42.5 Å². The van der Waals surface area contributed by atoms with Crippen molar-refractivity contribution in [3.05, 3.63) is 58.9 Å². The summed E-state index contributed by atoms with van der Waals surface area (Å²) in [5, 5.41) is 3.29. The summed E-state index contributed by atoms with van der Waals surface area (Å²) in [6, 6.07) is 12.6. The molecule has 1 amide bonds. The molecule has 1 N–H and O–H groups in total. The summed E-state index contributed by atoms with van der Waals surface area (Å²) >= 11 is 6.32. The number of amides is 1. The molecular weight excluding hydrogens is 443 g/mol. The Morgan fingerprint density at radius 3 is 2.61 bits per heavy atom. The van der Waals surface area contributed by atoms with E-state index in [1.165, 1.54) is 6.07 Å². The number of piperidine rings is 1. The Morgan fingerprint density at radius 1 is 1.18 bits per heavy atom. The number of alkyl carbamates (subject to hydrolysis) is 1. The Bertz CT molecular complexity index is 1110. The Morgan fingerprint density at radius 2 is 1.91 bits per heavy atom. The van der Waals surface area contributed by atoms with Crippen LogP contribution < -0.4 is 10.2 Å². The lowest BCUT2D eigenvalue weighted by molar-refractivity contribution is 0.0516. The van der Waals surface area contributed by atoms with E-state index in [-0.39, 0.29) is 11.9 Å². The van der Waals surface area contributed by atoms with Crippen LogP contribution in [0.1, 0.15) is 39.2 Å². The second-order valence-electron chi connectivity index (χ2n) is 9.50. The van der Waals surface area contributed by atoms with Crippen LogP contribution in [0.5, 0.6) is 0 Å². The minimum atomic E-state index is -0.506. The molecule has 0 spiro atoms. The van der Waals surface area contributed by atoms with E-state index in [9.17, 15) is 9.18 Å². The summed E-state index contributed by atoms with van der Waals surface area (Å²) in [6.07, 6.45) is 1.45. The van der Waals surface area contributed by atoms with Crippen LogP contribution in [0.4, 0.5) is 15.1 Å². The van der Waals surface area contributed by atoms with Gasteiger partial charge in [-0.05, 0) is 63.8 Å². The maximum absolute atomic E-state index is 14.5. The smallest absolute Gasteiger partial charge is 0.407 e. The third kappa shape index (κ3) is 5.58. The molecule has 0 saturated carbocycles. The second-order valence-corrected chi connectivity index (χ2v) is 9.91. The second kappa shape index (κ2) is 9.59. The van der Waals surface area contributed by atoms with E-state index in [0.717, 1.165) is 42.9 Å². The molecule has 6 nitrogen and oxygen atoms in total. The van der Waals surface area contributed by atoms with Crippen LogP contribution in [0.2, 0.25) is 5.02 Å². The molecule has 3 aromatic rings. The van der Waals surface area contributed by atoms with Gasteiger partial charge in [-0.3, -0.25) is 0 Å². The summed E-state index contributed by atoms with van der Waals surface area (Å²) in [5.41, 5.74) is 1.77. The molecule has 8 heteroatoms. The molecule has 1 fully saturated rings. The maximum atomic E-state index is 14.5. The van der Waals surface area contributed by atoms with Crippen LogP contribution in [0.3, 0.4) is 0 Å². The van der Waals surface area contributed by atoms with Crippen molar-refractivity contribution < 1.29 is 13.9 Å². The lowest BCUT2D eigenvalue weighted by Crippen LogP contribution is -2.41. The van der Waals surface area contributed by atoms with Gasteiger partial charge in [0, 0.05) is 30.2 Å². The molecule has 1 aliphatic rings. The van der Waals surface area contributed by atoms with Gasteiger partial charge in [0.2, 0.25) is 5.95 Å². The molecule has 0 aliphatic carbocycles. The monoisotopic (exact) mass is 472 g/mol. The predicted octanol–water partition coefficient (Wildman–Crippen LogP) is 5.62. The quantitative estimate of drug-likeness (QED) is 0.523. The molecule has 0 bridgehead atoms. The molecular formula is C25H30ClFN4O2. The normalized spacial score (nSPS) is 15.1. The minimum absolute atomic E-state index is 0.307. The van der Waals surface area contributed by atoms with Crippen LogP contribution in [0, 0.1) is 11.7 Å². The number of imidazole rings is 1. The van der Waals surface area contributed by atoms with E-state index in [1.54, 1.807) is 12.1 Å². The van der Waals surface area contributed by atoms with Crippen LogP contribution >= 0.6 is 11.6 Å². The Balaban J connectivity index is 1.48. The zero-order chi connectivity index (χ0) is 23.6. The summed E-state index contributed by atoms with van der Waals surface area (Å²) in [6.45, 7) is 8.05. The number of benzene rings is 2.